The van der Waals surface area contributed by atoms with Gasteiger partial charge in [-0.15, -0.1) is 0 Å². The highest BCUT2D eigenvalue weighted by atomic mass is 35.5. The molecule has 0 saturated carbocycles. The SMILES string of the molecule is O=C(NCC#CCOc1ccccc1Cl)C1COc2ccccc2O1. The maximum atomic E-state index is 12.1. The molecule has 3 rings (SSSR count). The number of amides is 1. The number of hydrogen-bond donors (Lipinski definition) is 1. The highest BCUT2D eigenvalue weighted by Gasteiger charge is 2.26. The number of ether oxygens (including phenoxy) is 3. The average Bonchev–Trinajstić information content (AvgIpc) is 2.65. The summed E-state index contributed by atoms with van der Waals surface area (Å²) in [6.07, 6.45) is -0.684. The van der Waals surface area contributed by atoms with Gasteiger partial charge in [0.1, 0.15) is 19.0 Å². The summed E-state index contributed by atoms with van der Waals surface area (Å²) in [6, 6.07) is 14.4. The van der Waals surface area contributed by atoms with Gasteiger partial charge in [0.05, 0.1) is 11.6 Å². The molecule has 0 bridgehead atoms. The van der Waals surface area contributed by atoms with E-state index in [4.69, 9.17) is 25.8 Å². The molecule has 128 valence electrons. The van der Waals surface area contributed by atoms with Gasteiger partial charge in [-0.2, -0.15) is 0 Å². The molecule has 0 spiro atoms. The minimum absolute atomic E-state index is 0.173. The summed E-state index contributed by atoms with van der Waals surface area (Å²) in [6.45, 7) is 0.564. The number of rotatable bonds is 4. The lowest BCUT2D eigenvalue weighted by Crippen LogP contribution is -2.44. The first kappa shape index (κ1) is 17.0. The maximum absolute atomic E-state index is 12.1. The van der Waals surface area contributed by atoms with Gasteiger partial charge in [-0.1, -0.05) is 47.7 Å². The van der Waals surface area contributed by atoms with E-state index in [9.17, 15) is 4.79 Å². The van der Waals surface area contributed by atoms with Gasteiger partial charge >= 0.3 is 0 Å². The van der Waals surface area contributed by atoms with Gasteiger partial charge in [-0.05, 0) is 24.3 Å². The fourth-order valence-electron chi connectivity index (χ4n) is 2.18. The van der Waals surface area contributed by atoms with E-state index in [0.29, 0.717) is 22.3 Å². The summed E-state index contributed by atoms with van der Waals surface area (Å²) in [5.74, 6) is 7.15. The predicted molar refractivity (Wildman–Crippen MR) is 94.1 cm³/mol. The predicted octanol–water partition coefficient (Wildman–Crippen LogP) is 2.68. The van der Waals surface area contributed by atoms with Crippen LogP contribution in [0, 0.1) is 11.8 Å². The summed E-state index contributed by atoms with van der Waals surface area (Å²) in [5, 5.41) is 3.23. The Kier molecular flexibility index (Phi) is 5.65. The molecule has 1 amide bonds. The van der Waals surface area contributed by atoms with Crippen LogP contribution in [-0.2, 0) is 4.79 Å². The van der Waals surface area contributed by atoms with E-state index in [2.05, 4.69) is 17.2 Å². The van der Waals surface area contributed by atoms with E-state index in [-0.39, 0.29) is 25.7 Å². The molecule has 0 saturated heterocycles. The first-order chi connectivity index (χ1) is 12.2. The van der Waals surface area contributed by atoms with Gasteiger partial charge in [-0.3, -0.25) is 4.79 Å². The second-order valence-corrected chi connectivity index (χ2v) is 5.56. The number of fused-ring (bicyclic) bond motifs is 1. The van der Waals surface area contributed by atoms with Crippen LogP contribution in [-0.4, -0.2) is 31.8 Å². The van der Waals surface area contributed by atoms with Crippen molar-refractivity contribution in [3.8, 4) is 29.1 Å². The summed E-state index contributed by atoms with van der Waals surface area (Å²) in [5.41, 5.74) is 0. The van der Waals surface area contributed by atoms with Crippen molar-refractivity contribution in [1.29, 1.82) is 0 Å². The minimum atomic E-state index is -0.684. The van der Waals surface area contributed by atoms with Crippen molar-refractivity contribution < 1.29 is 19.0 Å². The molecule has 1 heterocycles. The van der Waals surface area contributed by atoms with Gasteiger partial charge in [0.15, 0.2) is 11.5 Å². The number of hydrogen-bond acceptors (Lipinski definition) is 4. The molecule has 1 aliphatic heterocycles. The zero-order chi connectivity index (χ0) is 17.5. The van der Waals surface area contributed by atoms with E-state index >= 15 is 0 Å². The van der Waals surface area contributed by atoms with Crippen LogP contribution in [0.1, 0.15) is 0 Å². The molecule has 1 unspecified atom stereocenters. The third-order valence-corrected chi connectivity index (χ3v) is 3.73. The molecule has 2 aromatic carbocycles. The minimum Gasteiger partial charge on any atom is -0.485 e. The molecular formula is C19H16ClNO4. The largest absolute Gasteiger partial charge is 0.485 e. The molecule has 2 aromatic rings. The summed E-state index contributed by atoms with van der Waals surface area (Å²) in [7, 11) is 0. The number of carbonyl (C=O) groups excluding carboxylic acids is 1. The van der Waals surface area contributed by atoms with Crippen LogP contribution in [0.5, 0.6) is 17.2 Å². The number of halogens is 1. The molecule has 0 fully saturated rings. The number of benzene rings is 2. The van der Waals surface area contributed by atoms with Gasteiger partial charge in [0.2, 0.25) is 6.10 Å². The third-order valence-electron chi connectivity index (χ3n) is 3.41. The highest BCUT2D eigenvalue weighted by Crippen LogP contribution is 2.30. The van der Waals surface area contributed by atoms with E-state index in [1.54, 1.807) is 24.3 Å². The first-order valence-electron chi connectivity index (χ1n) is 7.73. The molecule has 6 heteroatoms. The second-order valence-electron chi connectivity index (χ2n) is 5.15. The Morgan fingerprint density at radius 3 is 2.76 bits per heavy atom. The molecule has 25 heavy (non-hydrogen) atoms. The third kappa shape index (κ3) is 4.59. The average molecular weight is 358 g/mol. The maximum Gasteiger partial charge on any atom is 0.265 e. The van der Waals surface area contributed by atoms with E-state index in [1.807, 2.05) is 24.3 Å². The first-order valence-corrected chi connectivity index (χ1v) is 8.11. The van der Waals surface area contributed by atoms with E-state index < -0.39 is 6.10 Å². The molecule has 1 atom stereocenters. The molecular weight excluding hydrogens is 342 g/mol. The van der Waals surface area contributed by atoms with Crippen LogP contribution in [0.4, 0.5) is 0 Å². The standard InChI is InChI=1S/C19H16ClNO4/c20-14-7-1-2-8-15(14)23-12-6-5-11-21-19(22)18-13-24-16-9-3-4-10-17(16)25-18/h1-4,7-10,18H,11-13H2,(H,21,22). The molecule has 1 N–H and O–H groups in total. The Hall–Kier alpha value is -2.84. The lowest BCUT2D eigenvalue weighted by Gasteiger charge is -2.25. The fourth-order valence-corrected chi connectivity index (χ4v) is 2.37. The van der Waals surface area contributed by atoms with Crippen LogP contribution < -0.4 is 19.5 Å². The fraction of sp³-hybridized carbons (Fsp3) is 0.211. The Balaban J connectivity index is 1.41. The Morgan fingerprint density at radius 1 is 1.16 bits per heavy atom. The van der Waals surface area contributed by atoms with Gasteiger partial charge in [-0.25, -0.2) is 0 Å². The van der Waals surface area contributed by atoms with Crippen molar-refractivity contribution in [2.75, 3.05) is 19.8 Å². The topological polar surface area (TPSA) is 56.8 Å². The number of para-hydroxylation sites is 3. The van der Waals surface area contributed by atoms with Crippen molar-refractivity contribution in [2.45, 2.75) is 6.10 Å². The quantitative estimate of drug-likeness (QED) is 0.855. The summed E-state index contributed by atoms with van der Waals surface area (Å²) in [4.78, 5) is 12.1. The van der Waals surface area contributed by atoms with Crippen molar-refractivity contribution >= 4 is 17.5 Å². The summed E-state index contributed by atoms with van der Waals surface area (Å²) >= 11 is 5.97. The Bertz CT molecular complexity index is 812. The zero-order valence-electron chi connectivity index (χ0n) is 13.3. The second kappa shape index (κ2) is 8.32. The van der Waals surface area contributed by atoms with Crippen molar-refractivity contribution in [2.24, 2.45) is 0 Å². The Morgan fingerprint density at radius 2 is 1.92 bits per heavy atom. The van der Waals surface area contributed by atoms with Crippen LogP contribution in [0.3, 0.4) is 0 Å². The lowest BCUT2D eigenvalue weighted by atomic mass is 10.2. The highest BCUT2D eigenvalue weighted by molar-refractivity contribution is 6.32. The lowest BCUT2D eigenvalue weighted by molar-refractivity contribution is -0.130. The summed E-state index contributed by atoms with van der Waals surface area (Å²) < 4.78 is 16.6. The van der Waals surface area contributed by atoms with Crippen LogP contribution in [0.25, 0.3) is 0 Å². The van der Waals surface area contributed by atoms with Crippen LogP contribution in [0.2, 0.25) is 5.02 Å². The molecule has 0 radical (unpaired) electrons. The number of nitrogens with one attached hydrogen (secondary N) is 1. The van der Waals surface area contributed by atoms with Gasteiger partial charge in [0, 0.05) is 0 Å². The van der Waals surface area contributed by atoms with Crippen molar-refractivity contribution in [3.05, 3.63) is 53.6 Å². The van der Waals surface area contributed by atoms with E-state index in [0.717, 1.165) is 0 Å². The normalized spacial score (nSPS) is 14.8. The smallest absolute Gasteiger partial charge is 0.265 e. The Labute approximate surface area is 150 Å². The monoisotopic (exact) mass is 357 g/mol. The number of carbonyl (C=O) groups is 1. The van der Waals surface area contributed by atoms with Crippen LogP contribution >= 0.6 is 11.6 Å². The van der Waals surface area contributed by atoms with Crippen LogP contribution in [0.15, 0.2) is 48.5 Å². The van der Waals surface area contributed by atoms with Crippen molar-refractivity contribution in [1.82, 2.24) is 5.32 Å². The van der Waals surface area contributed by atoms with Gasteiger partial charge in [0.25, 0.3) is 5.91 Å². The molecule has 0 aromatic heterocycles. The molecule has 0 aliphatic carbocycles. The molecule has 1 aliphatic rings. The zero-order valence-corrected chi connectivity index (χ0v) is 14.1. The van der Waals surface area contributed by atoms with E-state index in [1.165, 1.54) is 0 Å². The molecule has 5 nitrogen and oxygen atoms in total. The van der Waals surface area contributed by atoms with Gasteiger partial charge < -0.3 is 19.5 Å². The van der Waals surface area contributed by atoms with Crippen molar-refractivity contribution in [3.63, 3.8) is 0 Å².